The van der Waals surface area contributed by atoms with E-state index >= 15 is 0 Å². The van der Waals surface area contributed by atoms with Crippen LogP contribution >= 0.6 is 0 Å². The molecule has 0 N–H and O–H groups in total. The Bertz CT molecular complexity index is 346. The maximum Gasteiger partial charge on any atom is 0.121 e. The van der Waals surface area contributed by atoms with Gasteiger partial charge in [-0.05, 0) is 19.1 Å². The molecule has 0 fully saturated rings. The SMILES string of the molecule is C=C1O[C@H](C)[C@H](C)c2ncccc21. The lowest BCUT2D eigenvalue weighted by atomic mass is 9.93. The van der Waals surface area contributed by atoms with Crippen LogP contribution in [-0.4, -0.2) is 11.1 Å². The molecule has 13 heavy (non-hydrogen) atoms. The number of aromatic nitrogens is 1. The molecule has 0 saturated heterocycles. The number of rotatable bonds is 0. The smallest absolute Gasteiger partial charge is 0.121 e. The molecule has 0 saturated carbocycles. The van der Waals surface area contributed by atoms with Gasteiger partial charge in [0, 0.05) is 17.7 Å². The molecule has 2 rings (SSSR count). The normalized spacial score (nSPS) is 26.5. The van der Waals surface area contributed by atoms with Crippen LogP contribution in [-0.2, 0) is 4.74 Å². The van der Waals surface area contributed by atoms with Gasteiger partial charge in [-0.1, -0.05) is 13.5 Å². The standard InChI is InChI=1S/C11H13NO/c1-7-8(2)13-9(3)10-5-4-6-12-11(7)10/h4-8H,3H2,1-2H3/t7-,8+/m0/s1. The molecule has 1 aromatic rings. The molecule has 2 heterocycles. The van der Waals surface area contributed by atoms with Gasteiger partial charge in [0.25, 0.3) is 0 Å². The first kappa shape index (κ1) is 8.30. The summed E-state index contributed by atoms with van der Waals surface area (Å²) < 4.78 is 5.59. The van der Waals surface area contributed by atoms with Gasteiger partial charge in [-0.15, -0.1) is 0 Å². The highest BCUT2D eigenvalue weighted by atomic mass is 16.5. The first-order valence-electron chi connectivity index (χ1n) is 4.51. The predicted octanol–water partition coefficient (Wildman–Crippen LogP) is 2.57. The van der Waals surface area contributed by atoms with Crippen molar-refractivity contribution >= 4 is 5.76 Å². The Morgan fingerprint density at radius 2 is 2.23 bits per heavy atom. The van der Waals surface area contributed by atoms with Crippen LogP contribution in [0.5, 0.6) is 0 Å². The van der Waals surface area contributed by atoms with E-state index in [2.05, 4.69) is 18.5 Å². The molecule has 2 nitrogen and oxygen atoms in total. The van der Waals surface area contributed by atoms with Gasteiger partial charge >= 0.3 is 0 Å². The van der Waals surface area contributed by atoms with Crippen LogP contribution in [0.4, 0.5) is 0 Å². The summed E-state index contributed by atoms with van der Waals surface area (Å²) in [6.07, 6.45) is 2.00. The van der Waals surface area contributed by atoms with E-state index in [1.165, 1.54) is 0 Å². The minimum atomic E-state index is 0.176. The minimum absolute atomic E-state index is 0.176. The zero-order valence-electron chi connectivity index (χ0n) is 7.95. The first-order chi connectivity index (χ1) is 6.20. The summed E-state index contributed by atoms with van der Waals surface area (Å²) in [4.78, 5) is 4.36. The number of ether oxygens (including phenoxy) is 1. The highest BCUT2D eigenvalue weighted by Crippen LogP contribution is 2.34. The number of nitrogens with zero attached hydrogens (tertiary/aromatic N) is 1. The zero-order valence-corrected chi connectivity index (χ0v) is 7.95. The van der Waals surface area contributed by atoms with E-state index in [0.29, 0.717) is 5.92 Å². The zero-order chi connectivity index (χ0) is 9.42. The summed E-state index contributed by atoms with van der Waals surface area (Å²) in [6, 6.07) is 3.92. The molecule has 0 radical (unpaired) electrons. The summed E-state index contributed by atoms with van der Waals surface area (Å²) in [5.41, 5.74) is 2.15. The van der Waals surface area contributed by atoms with Crippen LogP contribution in [0, 0.1) is 0 Å². The quantitative estimate of drug-likeness (QED) is 0.604. The Hall–Kier alpha value is -1.31. The van der Waals surface area contributed by atoms with Crippen LogP contribution in [0.3, 0.4) is 0 Å². The monoisotopic (exact) mass is 175 g/mol. The molecule has 0 spiro atoms. The molecule has 1 aliphatic heterocycles. The van der Waals surface area contributed by atoms with Gasteiger partial charge in [-0.2, -0.15) is 0 Å². The van der Waals surface area contributed by atoms with E-state index in [-0.39, 0.29) is 6.10 Å². The van der Waals surface area contributed by atoms with Crippen molar-refractivity contribution in [2.24, 2.45) is 0 Å². The van der Waals surface area contributed by atoms with E-state index in [1.54, 1.807) is 0 Å². The molecule has 0 unspecified atom stereocenters. The molecule has 1 aliphatic rings. The molecule has 2 heteroatoms. The summed E-state index contributed by atoms with van der Waals surface area (Å²) in [5.74, 6) is 1.09. The molecular formula is C11H13NO. The van der Waals surface area contributed by atoms with Gasteiger partial charge in [0.05, 0.1) is 5.69 Å². The molecule has 2 atom stereocenters. The lowest BCUT2D eigenvalue weighted by Gasteiger charge is -2.29. The van der Waals surface area contributed by atoms with Crippen molar-refractivity contribution in [1.82, 2.24) is 4.98 Å². The van der Waals surface area contributed by atoms with Crippen molar-refractivity contribution in [2.45, 2.75) is 25.9 Å². The fourth-order valence-corrected chi connectivity index (χ4v) is 1.63. The summed E-state index contributed by atoms with van der Waals surface area (Å²) in [6.45, 7) is 8.06. The first-order valence-corrected chi connectivity index (χ1v) is 4.51. The third-order valence-corrected chi connectivity index (χ3v) is 2.60. The van der Waals surface area contributed by atoms with Crippen molar-refractivity contribution in [1.29, 1.82) is 0 Å². The number of pyridine rings is 1. The molecule has 0 amide bonds. The molecule has 0 aliphatic carbocycles. The summed E-state index contributed by atoms with van der Waals surface area (Å²) in [5, 5.41) is 0. The van der Waals surface area contributed by atoms with Gasteiger partial charge in [0.15, 0.2) is 0 Å². The second kappa shape index (κ2) is 2.87. The Balaban J connectivity index is 2.53. The van der Waals surface area contributed by atoms with Crippen molar-refractivity contribution in [3.8, 4) is 0 Å². The summed E-state index contributed by atoms with van der Waals surface area (Å²) in [7, 11) is 0. The topological polar surface area (TPSA) is 22.1 Å². The molecule has 0 bridgehead atoms. The predicted molar refractivity (Wildman–Crippen MR) is 52.2 cm³/mol. The fraction of sp³-hybridized carbons (Fsp3) is 0.364. The third kappa shape index (κ3) is 1.22. The van der Waals surface area contributed by atoms with Gasteiger partial charge < -0.3 is 4.74 Å². The molecule has 1 aromatic heterocycles. The average Bonchev–Trinajstić information content (AvgIpc) is 2.15. The second-order valence-corrected chi connectivity index (χ2v) is 3.47. The molecule has 0 aromatic carbocycles. The van der Waals surface area contributed by atoms with Crippen molar-refractivity contribution < 1.29 is 4.74 Å². The fourth-order valence-electron chi connectivity index (χ4n) is 1.63. The van der Waals surface area contributed by atoms with E-state index in [4.69, 9.17) is 4.74 Å². The van der Waals surface area contributed by atoms with Crippen LogP contribution in [0.2, 0.25) is 0 Å². The Morgan fingerprint density at radius 1 is 1.46 bits per heavy atom. The lowest BCUT2D eigenvalue weighted by Crippen LogP contribution is -2.23. The van der Waals surface area contributed by atoms with Crippen LogP contribution in [0.15, 0.2) is 24.9 Å². The van der Waals surface area contributed by atoms with Crippen molar-refractivity contribution in [3.63, 3.8) is 0 Å². The number of hydrogen-bond acceptors (Lipinski definition) is 2. The van der Waals surface area contributed by atoms with Crippen LogP contribution in [0.1, 0.15) is 31.0 Å². The largest absolute Gasteiger partial charge is 0.490 e. The lowest BCUT2D eigenvalue weighted by molar-refractivity contribution is 0.148. The Labute approximate surface area is 78.3 Å². The van der Waals surface area contributed by atoms with E-state index in [9.17, 15) is 0 Å². The number of fused-ring (bicyclic) bond motifs is 1. The number of hydrogen-bond donors (Lipinski definition) is 0. The van der Waals surface area contributed by atoms with Crippen molar-refractivity contribution in [3.05, 3.63) is 36.2 Å². The van der Waals surface area contributed by atoms with Crippen LogP contribution < -0.4 is 0 Å². The average molecular weight is 175 g/mol. The maximum absolute atomic E-state index is 5.59. The minimum Gasteiger partial charge on any atom is -0.490 e. The maximum atomic E-state index is 5.59. The van der Waals surface area contributed by atoms with Gasteiger partial charge in [0.1, 0.15) is 11.9 Å². The Morgan fingerprint density at radius 3 is 3.00 bits per heavy atom. The van der Waals surface area contributed by atoms with E-state index in [0.717, 1.165) is 17.0 Å². The van der Waals surface area contributed by atoms with E-state index in [1.807, 2.05) is 25.3 Å². The van der Waals surface area contributed by atoms with Gasteiger partial charge in [0.2, 0.25) is 0 Å². The third-order valence-electron chi connectivity index (χ3n) is 2.60. The molecule has 68 valence electrons. The summed E-state index contributed by atoms with van der Waals surface area (Å²) >= 11 is 0. The molecular weight excluding hydrogens is 162 g/mol. The van der Waals surface area contributed by atoms with Gasteiger partial charge in [-0.3, -0.25) is 4.98 Å². The highest BCUT2D eigenvalue weighted by Gasteiger charge is 2.27. The van der Waals surface area contributed by atoms with Gasteiger partial charge in [-0.25, -0.2) is 0 Å². The van der Waals surface area contributed by atoms with Crippen LogP contribution in [0.25, 0.3) is 5.76 Å². The highest BCUT2D eigenvalue weighted by molar-refractivity contribution is 5.62. The second-order valence-electron chi connectivity index (χ2n) is 3.47. The van der Waals surface area contributed by atoms with E-state index < -0.39 is 0 Å². The Kier molecular flexibility index (Phi) is 1.83. The van der Waals surface area contributed by atoms with Crippen molar-refractivity contribution in [2.75, 3.05) is 0 Å².